The average molecular weight is 299 g/mol. The standard InChI is InChI=1S/C15H11ClN4O/c16-12-4-3-5-13(18-12)19-15(21)8-7-11-10-17-14-6-1-2-9-20(11)14/h1-10H,(H,18,19,21)/b8-7+. The number of anilines is 1. The summed E-state index contributed by atoms with van der Waals surface area (Å²) in [6.45, 7) is 0. The van der Waals surface area contributed by atoms with Crippen molar-refractivity contribution in [3.63, 3.8) is 0 Å². The highest BCUT2D eigenvalue weighted by molar-refractivity contribution is 6.29. The monoisotopic (exact) mass is 298 g/mol. The van der Waals surface area contributed by atoms with Gasteiger partial charge in [-0.1, -0.05) is 23.7 Å². The molecule has 21 heavy (non-hydrogen) atoms. The van der Waals surface area contributed by atoms with Crippen LogP contribution in [0.3, 0.4) is 0 Å². The number of fused-ring (bicyclic) bond motifs is 1. The Morgan fingerprint density at radius 2 is 2.14 bits per heavy atom. The second-order valence-electron chi connectivity index (χ2n) is 4.28. The van der Waals surface area contributed by atoms with Gasteiger partial charge in [0.05, 0.1) is 11.9 Å². The van der Waals surface area contributed by atoms with Crippen molar-refractivity contribution < 1.29 is 4.79 Å². The van der Waals surface area contributed by atoms with Gasteiger partial charge >= 0.3 is 0 Å². The zero-order valence-electron chi connectivity index (χ0n) is 10.9. The van der Waals surface area contributed by atoms with Crippen LogP contribution in [-0.4, -0.2) is 20.3 Å². The molecule has 3 aromatic heterocycles. The predicted molar refractivity (Wildman–Crippen MR) is 82.1 cm³/mol. The van der Waals surface area contributed by atoms with Crippen molar-refractivity contribution in [2.45, 2.75) is 0 Å². The van der Waals surface area contributed by atoms with E-state index in [1.165, 1.54) is 6.08 Å². The SMILES string of the molecule is O=C(/C=C/c1cnc2ccccn12)Nc1cccc(Cl)n1. The first-order chi connectivity index (χ1) is 10.2. The number of amides is 1. The number of carbonyl (C=O) groups excluding carboxylic acids is 1. The molecule has 0 saturated heterocycles. The number of nitrogens with one attached hydrogen (secondary N) is 1. The van der Waals surface area contributed by atoms with Crippen molar-refractivity contribution in [3.8, 4) is 0 Å². The molecule has 3 aromatic rings. The molecule has 3 heterocycles. The lowest BCUT2D eigenvalue weighted by atomic mass is 10.3. The third kappa shape index (κ3) is 3.09. The van der Waals surface area contributed by atoms with Crippen LogP contribution in [0.2, 0.25) is 5.15 Å². The van der Waals surface area contributed by atoms with Crippen LogP contribution in [0.25, 0.3) is 11.7 Å². The number of aromatic nitrogens is 3. The van der Waals surface area contributed by atoms with Gasteiger partial charge in [-0.05, 0) is 30.3 Å². The molecule has 0 spiro atoms. The Kier molecular flexibility index (Phi) is 3.66. The topological polar surface area (TPSA) is 59.3 Å². The first-order valence-corrected chi connectivity index (χ1v) is 6.64. The molecule has 0 saturated carbocycles. The van der Waals surface area contributed by atoms with Crippen LogP contribution >= 0.6 is 11.6 Å². The van der Waals surface area contributed by atoms with Gasteiger partial charge in [-0.15, -0.1) is 0 Å². The molecular weight excluding hydrogens is 288 g/mol. The molecule has 1 N–H and O–H groups in total. The predicted octanol–water partition coefficient (Wildman–Crippen LogP) is 3.03. The molecule has 0 aliphatic rings. The number of hydrogen-bond acceptors (Lipinski definition) is 3. The molecule has 104 valence electrons. The maximum absolute atomic E-state index is 11.8. The van der Waals surface area contributed by atoms with E-state index < -0.39 is 0 Å². The van der Waals surface area contributed by atoms with Gasteiger partial charge < -0.3 is 9.72 Å². The Labute approximate surface area is 125 Å². The van der Waals surface area contributed by atoms with Crippen LogP contribution in [0, 0.1) is 0 Å². The van der Waals surface area contributed by atoms with Crippen molar-refractivity contribution >= 4 is 35.0 Å². The number of carbonyl (C=O) groups is 1. The maximum Gasteiger partial charge on any atom is 0.249 e. The summed E-state index contributed by atoms with van der Waals surface area (Å²) in [5.41, 5.74) is 1.65. The van der Waals surface area contributed by atoms with Gasteiger partial charge in [-0.2, -0.15) is 0 Å². The molecule has 6 heteroatoms. The van der Waals surface area contributed by atoms with Crippen LogP contribution < -0.4 is 5.32 Å². The third-order valence-electron chi connectivity index (χ3n) is 2.82. The molecule has 0 bridgehead atoms. The van der Waals surface area contributed by atoms with E-state index in [0.717, 1.165) is 11.3 Å². The van der Waals surface area contributed by atoms with Crippen molar-refractivity contribution in [2.24, 2.45) is 0 Å². The van der Waals surface area contributed by atoms with E-state index in [0.29, 0.717) is 11.0 Å². The molecule has 0 radical (unpaired) electrons. The van der Waals surface area contributed by atoms with E-state index in [2.05, 4.69) is 15.3 Å². The van der Waals surface area contributed by atoms with Gasteiger partial charge in [0.1, 0.15) is 16.6 Å². The van der Waals surface area contributed by atoms with Gasteiger partial charge in [0.25, 0.3) is 0 Å². The molecule has 5 nitrogen and oxygen atoms in total. The molecule has 0 fully saturated rings. The summed E-state index contributed by atoms with van der Waals surface area (Å²) in [6.07, 6.45) is 6.72. The van der Waals surface area contributed by atoms with Gasteiger partial charge in [0.15, 0.2) is 0 Å². The fourth-order valence-corrected chi connectivity index (χ4v) is 2.05. The molecular formula is C15H11ClN4O. The quantitative estimate of drug-likeness (QED) is 0.597. The minimum atomic E-state index is -0.282. The largest absolute Gasteiger partial charge is 0.307 e. The van der Waals surface area contributed by atoms with E-state index in [-0.39, 0.29) is 5.91 Å². The van der Waals surface area contributed by atoms with Gasteiger partial charge in [-0.3, -0.25) is 4.79 Å². The number of imidazole rings is 1. The van der Waals surface area contributed by atoms with Crippen molar-refractivity contribution in [1.29, 1.82) is 0 Å². The Morgan fingerprint density at radius 3 is 3.00 bits per heavy atom. The number of rotatable bonds is 3. The van der Waals surface area contributed by atoms with E-state index in [1.54, 1.807) is 30.5 Å². The molecule has 0 aliphatic heterocycles. The van der Waals surface area contributed by atoms with E-state index in [1.807, 2.05) is 28.8 Å². The number of halogens is 1. The summed E-state index contributed by atoms with van der Waals surface area (Å²) in [5.74, 6) is 0.131. The van der Waals surface area contributed by atoms with Crippen molar-refractivity contribution in [1.82, 2.24) is 14.4 Å². The van der Waals surface area contributed by atoms with Crippen LogP contribution in [0.4, 0.5) is 5.82 Å². The Hall–Kier alpha value is -2.66. The lowest BCUT2D eigenvalue weighted by molar-refractivity contribution is -0.111. The Balaban J connectivity index is 1.75. The summed E-state index contributed by atoms with van der Waals surface area (Å²) >= 11 is 5.76. The molecule has 3 rings (SSSR count). The Morgan fingerprint density at radius 1 is 1.24 bits per heavy atom. The van der Waals surface area contributed by atoms with E-state index in [9.17, 15) is 4.79 Å². The van der Waals surface area contributed by atoms with Gasteiger partial charge in [-0.25, -0.2) is 9.97 Å². The summed E-state index contributed by atoms with van der Waals surface area (Å²) in [4.78, 5) is 20.1. The minimum Gasteiger partial charge on any atom is -0.307 e. The lowest BCUT2D eigenvalue weighted by Crippen LogP contribution is -2.09. The highest BCUT2D eigenvalue weighted by atomic mass is 35.5. The van der Waals surface area contributed by atoms with Crippen molar-refractivity contribution in [2.75, 3.05) is 5.32 Å². The Bertz CT molecular complexity index is 825. The molecule has 0 atom stereocenters. The molecule has 1 amide bonds. The number of hydrogen-bond donors (Lipinski definition) is 1. The maximum atomic E-state index is 11.8. The number of pyridine rings is 2. The summed E-state index contributed by atoms with van der Waals surface area (Å²) in [6, 6.07) is 10.7. The lowest BCUT2D eigenvalue weighted by Gasteiger charge is -2.00. The normalized spacial score (nSPS) is 11.1. The second-order valence-corrected chi connectivity index (χ2v) is 4.67. The zero-order chi connectivity index (χ0) is 14.7. The van der Waals surface area contributed by atoms with Crippen LogP contribution in [0.1, 0.15) is 5.69 Å². The van der Waals surface area contributed by atoms with Crippen LogP contribution in [0.5, 0.6) is 0 Å². The third-order valence-corrected chi connectivity index (χ3v) is 3.03. The van der Waals surface area contributed by atoms with Gasteiger partial charge in [0.2, 0.25) is 5.91 Å². The van der Waals surface area contributed by atoms with E-state index in [4.69, 9.17) is 11.6 Å². The summed E-state index contributed by atoms with van der Waals surface area (Å²) in [5, 5.41) is 2.97. The fraction of sp³-hybridized carbons (Fsp3) is 0. The smallest absolute Gasteiger partial charge is 0.249 e. The first-order valence-electron chi connectivity index (χ1n) is 6.26. The highest BCUT2D eigenvalue weighted by Gasteiger charge is 2.02. The van der Waals surface area contributed by atoms with Crippen molar-refractivity contribution in [3.05, 3.63) is 65.7 Å². The first kappa shape index (κ1) is 13.3. The fourth-order valence-electron chi connectivity index (χ4n) is 1.88. The van der Waals surface area contributed by atoms with Crippen LogP contribution in [-0.2, 0) is 4.79 Å². The zero-order valence-corrected chi connectivity index (χ0v) is 11.7. The summed E-state index contributed by atoms with van der Waals surface area (Å²) < 4.78 is 1.89. The van der Waals surface area contributed by atoms with Gasteiger partial charge in [0, 0.05) is 12.3 Å². The van der Waals surface area contributed by atoms with E-state index >= 15 is 0 Å². The minimum absolute atomic E-state index is 0.282. The van der Waals surface area contributed by atoms with Crippen LogP contribution in [0.15, 0.2) is 54.9 Å². The molecule has 0 unspecified atom stereocenters. The average Bonchev–Trinajstić information content (AvgIpc) is 2.88. The molecule has 0 aliphatic carbocycles. The second kappa shape index (κ2) is 5.76. The molecule has 0 aromatic carbocycles. The number of nitrogens with zero attached hydrogens (tertiary/aromatic N) is 3. The summed E-state index contributed by atoms with van der Waals surface area (Å²) in [7, 11) is 0. The highest BCUT2D eigenvalue weighted by Crippen LogP contribution is 2.10.